The first kappa shape index (κ1) is 17.5. The lowest BCUT2D eigenvalue weighted by atomic mass is 9.82. The highest BCUT2D eigenvalue weighted by molar-refractivity contribution is 6.39. The fourth-order valence-electron chi connectivity index (χ4n) is 4.25. The van der Waals surface area contributed by atoms with Gasteiger partial charge in [-0.1, -0.05) is 13.8 Å². The second-order valence-corrected chi connectivity index (χ2v) is 6.88. The maximum absolute atomic E-state index is 12.9. The van der Waals surface area contributed by atoms with Gasteiger partial charge in [-0.3, -0.25) is 9.79 Å². The number of hydrogen-bond donors (Lipinski definition) is 1. The fourth-order valence-corrected chi connectivity index (χ4v) is 4.25. The number of aliphatic hydroxyl groups is 1. The third-order valence-corrected chi connectivity index (χ3v) is 5.72. The number of nitrogens with zero attached hydrogens (tertiary/aromatic N) is 2. The molecule has 0 atom stereocenters. The van der Waals surface area contributed by atoms with Gasteiger partial charge < -0.3 is 9.67 Å². The van der Waals surface area contributed by atoms with E-state index in [4.69, 9.17) is 0 Å². The van der Waals surface area contributed by atoms with Gasteiger partial charge in [0.2, 0.25) is 5.78 Å². The predicted octanol–water partition coefficient (Wildman–Crippen LogP) is 4.51. The topological polar surface area (TPSA) is 54.6 Å². The molecule has 3 rings (SSSR count). The molecule has 25 heavy (non-hydrogen) atoms. The minimum Gasteiger partial charge on any atom is -0.506 e. The zero-order valence-electron chi connectivity index (χ0n) is 16.2. The van der Waals surface area contributed by atoms with Gasteiger partial charge in [-0.15, -0.1) is 0 Å². The molecule has 0 aromatic carbocycles. The standard InChI is InChI=1S/C21H26N2O2/c1-8-14-10(3)18(22-12(14)5)16-20(24)17(21(16)25)19-11(4)15(9-2)13(6)23(19)7/h24H,8-9H2,1-7H3. The van der Waals surface area contributed by atoms with Crippen molar-refractivity contribution in [3.05, 3.63) is 50.7 Å². The van der Waals surface area contributed by atoms with Crippen LogP contribution in [0.15, 0.2) is 33.2 Å². The molecule has 0 saturated carbocycles. The highest BCUT2D eigenvalue weighted by Gasteiger charge is 2.41. The van der Waals surface area contributed by atoms with Crippen LogP contribution in [-0.2, 0) is 18.3 Å². The summed E-state index contributed by atoms with van der Waals surface area (Å²) in [5.41, 5.74) is 8.83. The van der Waals surface area contributed by atoms with Gasteiger partial charge in [-0.05, 0) is 62.8 Å². The lowest BCUT2D eigenvalue weighted by Gasteiger charge is -2.24. The van der Waals surface area contributed by atoms with E-state index in [2.05, 4.69) is 25.8 Å². The van der Waals surface area contributed by atoms with Crippen LogP contribution in [0.4, 0.5) is 0 Å². The molecular formula is C21H26N2O2. The molecule has 0 bridgehead atoms. The van der Waals surface area contributed by atoms with Crippen LogP contribution >= 0.6 is 0 Å². The Hall–Kier alpha value is -2.36. The van der Waals surface area contributed by atoms with Gasteiger partial charge in [-0.2, -0.15) is 0 Å². The minimum atomic E-state index is -0.105. The summed E-state index contributed by atoms with van der Waals surface area (Å²) in [6, 6.07) is 0. The molecule has 0 spiro atoms. The summed E-state index contributed by atoms with van der Waals surface area (Å²) in [6.45, 7) is 12.2. The van der Waals surface area contributed by atoms with Crippen molar-refractivity contribution in [2.24, 2.45) is 12.0 Å². The second-order valence-electron chi connectivity index (χ2n) is 6.88. The Labute approximate surface area is 149 Å². The normalized spacial score (nSPS) is 20.6. The van der Waals surface area contributed by atoms with Gasteiger partial charge >= 0.3 is 0 Å². The van der Waals surface area contributed by atoms with Gasteiger partial charge in [0, 0.05) is 18.5 Å². The van der Waals surface area contributed by atoms with Crippen LogP contribution in [0.5, 0.6) is 0 Å². The van der Waals surface area contributed by atoms with Crippen LogP contribution in [-0.4, -0.2) is 21.2 Å². The molecule has 132 valence electrons. The fraction of sp³-hybridized carbons (Fsp3) is 0.429. The Kier molecular flexibility index (Phi) is 4.10. The summed E-state index contributed by atoms with van der Waals surface area (Å²) in [7, 11) is 1.95. The number of Topliss-reactive ketones (excluding diaryl/α,β-unsaturated/α-hetero) is 1. The molecule has 2 aliphatic rings. The van der Waals surface area contributed by atoms with E-state index >= 15 is 0 Å². The van der Waals surface area contributed by atoms with Crippen molar-refractivity contribution < 1.29 is 9.90 Å². The average molecular weight is 338 g/mol. The molecule has 4 heteroatoms. The van der Waals surface area contributed by atoms with Crippen LogP contribution in [0, 0.1) is 13.8 Å². The number of aliphatic hydroxyl groups excluding tert-OH is 1. The quantitative estimate of drug-likeness (QED) is 0.824. The molecule has 0 fully saturated rings. The van der Waals surface area contributed by atoms with Crippen molar-refractivity contribution >= 4 is 17.1 Å². The molecule has 0 radical (unpaired) electrons. The smallest absolute Gasteiger partial charge is 0.204 e. The molecule has 0 saturated heterocycles. The molecule has 2 heterocycles. The molecule has 1 aromatic heterocycles. The van der Waals surface area contributed by atoms with Crippen LogP contribution < -0.4 is 0 Å². The van der Waals surface area contributed by atoms with E-state index in [0.29, 0.717) is 16.8 Å². The van der Waals surface area contributed by atoms with Crippen LogP contribution in [0.1, 0.15) is 56.6 Å². The first-order chi connectivity index (χ1) is 11.8. The Bertz CT molecular complexity index is 934. The number of carbonyl (C=O) groups is 1. The van der Waals surface area contributed by atoms with Crippen molar-refractivity contribution in [2.45, 2.75) is 54.4 Å². The molecule has 1 N–H and O–H groups in total. The first-order valence-electron chi connectivity index (χ1n) is 8.89. The Balaban J connectivity index is 2.20. The largest absolute Gasteiger partial charge is 0.506 e. The zero-order valence-corrected chi connectivity index (χ0v) is 16.2. The predicted molar refractivity (Wildman–Crippen MR) is 102 cm³/mol. The molecule has 1 aliphatic carbocycles. The number of hydrogen-bond acceptors (Lipinski definition) is 3. The van der Waals surface area contributed by atoms with E-state index in [-0.39, 0.29) is 11.5 Å². The van der Waals surface area contributed by atoms with Gasteiger partial charge in [0.15, 0.2) is 0 Å². The number of allylic oxidation sites excluding steroid dienone is 4. The summed E-state index contributed by atoms with van der Waals surface area (Å²) in [5.74, 6) is -0.0216. The van der Waals surface area contributed by atoms with E-state index < -0.39 is 0 Å². The van der Waals surface area contributed by atoms with Gasteiger partial charge in [-0.25, -0.2) is 0 Å². The van der Waals surface area contributed by atoms with E-state index in [1.807, 2.05) is 32.4 Å². The van der Waals surface area contributed by atoms with Gasteiger partial charge in [0.25, 0.3) is 0 Å². The summed E-state index contributed by atoms with van der Waals surface area (Å²) < 4.78 is 2.02. The number of rotatable bonds is 3. The van der Waals surface area contributed by atoms with E-state index in [0.717, 1.165) is 46.7 Å². The van der Waals surface area contributed by atoms with Crippen molar-refractivity contribution in [1.29, 1.82) is 0 Å². The second kappa shape index (κ2) is 5.87. The number of ketones is 1. The molecular weight excluding hydrogens is 312 g/mol. The van der Waals surface area contributed by atoms with E-state index in [1.54, 1.807) is 0 Å². The Morgan fingerprint density at radius 3 is 2.12 bits per heavy atom. The third kappa shape index (κ3) is 2.20. The zero-order chi connectivity index (χ0) is 18.6. The maximum atomic E-state index is 12.9. The van der Waals surface area contributed by atoms with Crippen molar-refractivity contribution in [2.75, 3.05) is 0 Å². The Morgan fingerprint density at radius 1 is 1.04 bits per heavy atom. The molecule has 1 aromatic rings. The lowest BCUT2D eigenvalue weighted by Crippen LogP contribution is -2.24. The van der Waals surface area contributed by atoms with E-state index in [9.17, 15) is 9.90 Å². The highest BCUT2D eigenvalue weighted by Crippen LogP contribution is 2.44. The molecule has 0 unspecified atom stereocenters. The SMILES string of the molecule is CCC1=C(C)C(=C2C(=O)C(c3c(C)c(CC)c(C)n3C)=C2O)N=C1C. The van der Waals surface area contributed by atoms with Crippen LogP contribution in [0.3, 0.4) is 0 Å². The third-order valence-electron chi connectivity index (χ3n) is 5.72. The first-order valence-corrected chi connectivity index (χ1v) is 8.89. The summed E-state index contributed by atoms with van der Waals surface area (Å²) in [5, 5.41) is 10.7. The number of aromatic nitrogens is 1. The lowest BCUT2D eigenvalue weighted by molar-refractivity contribution is -0.111. The summed E-state index contributed by atoms with van der Waals surface area (Å²) in [4.78, 5) is 17.5. The van der Waals surface area contributed by atoms with Gasteiger partial charge in [0.1, 0.15) is 5.76 Å². The van der Waals surface area contributed by atoms with Crippen LogP contribution in [0.25, 0.3) is 5.57 Å². The van der Waals surface area contributed by atoms with Gasteiger partial charge in [0.05, 0.1) is 22.5 Å². The van der Waals surface area contributed by atoms with Crippen LogP contribution in [0.2, 0.25) is 0 Å². The molecule has 4 nitrogen and oxygen atoms in total. The van der Waals surface area contributed by atoms with Crippen molar-refractivity contribution in [3.8, 4) is 0 Å². The van der Waals surface area contributed by atoms with E-state index in [1.165, 1.54) is 5.56 Å². The monoisotopic (exact) mass is 338 g/mol. The minimum absolute atomic E-state index is 0.0830. The maximum Gasteiger partial charge on any atom is 0.204 e. The average Bonchev–Trinajstić information content (AvgIpc) is 2.96. The highest BCUT2D eigenvalue weighted by atomic mass is 16.3. The van der Waals surface area contributed by atoms with Crippen molar-refractivity contribution in [3.63, 3.8) is 0 Å². The van der Waals surface area contributed by atoms with Crippen molar-refractivity contribution in [1.82, 2.24) is 4.57 Å². The molecule has 0 amide bonds. The number of aliphatic imine (C=N–C) groups is 1. The summed E-state index contributed by atoms with van der Waals surface area (Å²) >= 11 is 0. The molecule has 1 aliphatic heterocycles. The number of carbonyl (C=O) groups excluding carboxylic acids is 1. The Morgan fingerprint density at radius 2 is 1.68 bits per heavy atom. The summed E-state index contributed by atoms with van der Waals surface area (Å²) in [6.07, 6.45) is 1.78.